The second kappa shape index (κ2) is 9.75. The molecule has 2 aromatic rings. The Morgan fingerprint density at radius 3 is 2.64 bits per heavy atom. The molecular formula is C22H29N3O2S. The summed E-state index contributed by atoms with van der Waals surface area (Å²) in [4.78, 5) is 4.29. The fourth-order valence-electron chi connectivity index (χ4n) is 3.28. The van der Waals surface area contributed by atoms with Crippen molar-refractivity contribution >= 4 is 28.7 Å². The predicted octanol–water partition coefficient (Wildman–Crippen LogP) is 4.14. The third-order valence-corrected chi connectivity index (χ3v) is 5.24. The van der Waals surface area contributed by atoms with Crippen molar-refractivity contribution in [1.29, 1.82) is 0 Å². The van der Waals surface area contributed by atoms with Crippen LogP contribution in [0.15, 0.2) is 48.5 Å². The van der Waals surface area contributed by atoms with Crippen LogP contribution >= 0.6 is 12.2 Å². The molecule has 6 heteroatoms. The van der Waals surface area contributed by atoms with Crippen molar-refractivity contribution in [1.82, 2.24) is 4.90 Å². The first-order chi connectivity index (χ1) is 13.5. The summed E-state index contributed by atoms with van der Waals surface area (Å²) in [5, 5.41) is 4.05. The lowest BCUT2D eigenvalue weighted by Crippen LogP contribution is -2.39. The van der Waals surface area contributed by atoms with Crippen LogP contribution in [-0.2, 0) is 11.3 Å². The Morgan fingerprint density at radius 1 is 1.21 bits per heavy atom. The lowest BCUT2D eigenvalue weighted by Gasteiger charge is -2.28. The zero-order valence-corrected chi connectivity index (χ0v) is 17.7. The number of ether oxygens (including phenoxy) is 2. The molecule has 1 heterocycles. The van der Waals surface area contributed by atoms with Crippen LogP contribution in [0.25, 0.3) is 0 Å². The maximum absolute atomic E-state index is 5.85. The quantitative estimate of drug-likeness (QED) is 0.706. The van der Waals surface area contributed by atoms with Crippen molar-refractivity contribution in [3.8, 4) is 5.75 Å². The molecule has 1 N–H and O–H groups in total. The number of thiocarbonyl (C=S) groups is 1. The van der Waals surface area contributed by atoms with Crippen LogP contribution < -0.4 is 15.0 Å². The Morgan fingerprint density at radius 2 is 2.00 bits per heavy atom. The molecule has 5 nitrogen and oxygen atoms in total. The molecule has 3 rings (SSSR count). The molecule has 0 aromatic heterocycles. The molecule has 0 radical (unpaired) electrons. The molecule has 1 aliphatic heterocycles. The molecule has 2 aromatic carbocycles. The smallest absolute Gasteiger partial charge is 0.173 e. The van der Waals surface area contributed by atoms with Crippen molar-refractivity contribution < 1.29 is 9.47 Å². The third kappa shape index (κ3) is 5.59. The zero-order valence-electron chi connectivity index (χ0n) is 16.9. The van der Waals surface area contributed by atoms with E-state index in [1.54, 1.807) is 7.11 Å². The van der Waals surface area contributed by atoms with Crippen LogP contribution in [0.5, 0.6) is 5.75 Å². The van der Waals surface area contributed by atoms with Crippen molar-refractivity contribution in [2.24, 2.45) is 0 Å². The van der Waals surface area contributed by atoms with Crippen molar-refractivity contribution in [2.45, 2.75) is 25.5 Å². The van der Waals surface area contributed by atoms with Crippen molar-refractivity contribution in [3.05, 3.63) is 54.1 Å². The first-order valence-corrected chi connectivity index (χ1v) is 10.0. The van der Waals surface area contributed by atoms with Gasteiger partial charge in [0.25, 0.3) is 0 Å². The summed E-state index contributed by atoms with van der Waals surface area (Å²) in [6.07, 6.45) is 2.43. The van der Waals surface area contributed by atoms with E-state index in [2.05, 4.69) is 39.4 Å². The Kier molecular flexibility index (Phi) is 7.12. The zero-order chi connectivity index (χ0) is 19.9. The summed E-state index contributed by atoms with van der Waals surface area (Å²) in [6.45, 7) is 2.36. The minimum absolute atomic E-state index is 0.228. The first kappa shape index (κ1) is 20.4. The van der Waals surface area contributed by atoms with Crippen LogP contribution in [0.4, 0.5) is 11.4 Å². The molecule has 0 saturated carbocycles. The normalized spacial score (nSPS) is 15.9. The maximum Gasteiger partial charge on any atom is 0.173 e. The fourth-order valence-corrected chi connectivity index (χ4v) is 3.53. The molecular weight excluding hydrogens is 370 g/mol. The number of anilines is 2. The summed E-state index contributed by atoms with van der Waals surface area (Å²) in [5.41, 5.74) is 3.33. The molecule has 1 atom stereocenters. The Bertz CT molecular complexity index is 774. The van der Waals surface area contributed by atoms with Gasteiger partial charge in [0.1, 0.15) is 5.75 Å². The van der Waals surface area contributed by atoms with Crippen LogP contribution in [0.1, 0.15) is 18.4 Å². The van der Waals surface area contributed by atoms with E-state index in [9.17, 15) is 0 Å². The Labute approximate surface area is 173 Å². The van der Waals surface area contributed by atoms with Gasteiger partial charge >= 0.3 is 0 Å². The highest BCUT2D eigenvalue weighted by Crippen LogP contribution is 2.20. The minimum Gasteiger partial charge on any atom is -0.497 e. The van der Waals surface area contributed by atoms with Gasteiger partial charge in [0, 0.05) is 51.2 Å². The number of rotatable bonds is 7. The van der Waals surface area contributed by atoms with E-state index in [0.29, 0.717) is 5.11 Å². The minimum atomic E-state index is 0.228. The molecule has 28 heavy (non-hydrogen) atoms. The van der Waals surface area contributed by atoms with Crippen LogP contribution in [0.3, 0.4) is 0 Å². The molecule has 0 amide bonds. The highest BCUT2D eigenvalue weighted by molar-refractivity contribution is 7.80. The van der Waals surface area contributed by atoms with Gasteiger partial charge in [-0.05, 0) is 54.9 Å². The van der Waals surface area contributed by atoms with E-state index >= 15 is 0 Å². The highest BCUT2D eigenvalue weighted by Gasteiger charge is 2.21. The van der Waals surface area contributed by atoms with E-state index in [-0.39, 0.29) is 6.10 Å². The molecule has 1 fully saturated rings. The van der Waals surface area contributed by atoms with Gasteiger partial charge in [-0.3, -0.25) is 0 Å². The van der Waals surface area contributed by atoms with Gasteiger partial charge in [0.15, 0.2) is 5.11 Å². The summed E-state index contributed by atoms with van der Waals surface area (Å²) in [6, 6.07) is 16.4. The standard InChI is InChI=1S/C22H29N3O2S/c1-24(2)19-11-9-17(10-12-19)15-25(16-21-8-5-13-27-21)22(28)23-18-6-4-7-20(14-18)26-3/h4,6-7,9-12,14,21H,5,8,13,15-16H2,1-3H3,(H,23,28)/t21-/m0/s1. The molecule has 0 bridgehead atoms. The average Bonchev–Trinajstić information content (AvgIpc) is 3.21. The molecule has 1 aliphatic rings. The lowest BCUT2D eigenvalue weighted by molar-refractivity contribution is 0.0905. The lowest BCUT2D eigenvalue weighted by atomic mass is 10.1. The number of methoxy groups -OCH3 is 1. The van der Waals surface area contributed by atoms with Gasteiger partial charge in [-0.15, -0.1) is 0 Å². The maximum atomic E-state index is 5.85. The van der Waals surface area contributed by atoms with E-state index in [0.717, 1.165) is 44.0 Å². The van der Waals surface area contributed by atoms with E-state index < -0.39 is 0 Å². The number of nitrogens with zero attached hydrogens (tertiary/aromatic N) is 2. The van der Waals surface area contributed by atoms with Gasteiger partial charge in [0.05, 0.1) is 13.2 Å². The number of hydrogen-bond acceptors (Lipinski definition) is 4. The summed E-state index contributed by atoms with van der Waals surface area (Å²) in [5.74, 6) is 0.803. The average molecular weight is 400 g/mol. The topological polar surface area (TPSA) is 37.0 Å². The fraction of sp³-hybridized carbons (Fsp3) is 0.409. The molecule has 0 unspecified atom stereocenters. The number of hydrogen-bond donors (Lipinski definition) is 1. The SMILES string of the molecule is COc1cccc(NC(=S)N(Cc2ccc(N(C)C)cc2)C[C@@H]2CCCO2)c1. The summed E-state index contributed by atoms with van der Waals surface area (Å²) >= 11 is 5.75. The molecule has 0 spiro atoms. The highest BCUT2D eigenvalue weighted by atomic mass is 32.1. The van der Waals surface area contributed by atoms with E-state index in [1.165, 1.54) is 11.3 Å². The van der Waals surface area contributed by atoms with Crippen LogP contribution in [-0.4, -0.2) is 50.5 Å². The monoisotopic (exact) mass is 399 g/mol. The second-order valence-corrected chi connectivity index (χ2v) is 7.63. The van der Waals surface area contributed by atoms with Gasteiger partial charge in [-0.2, -0.15) is 0 Å². The first-order valence-electron chi connectivity index (χ1n) is 9.63. The number of benzene rings is 2. The van der Waals surface area contributed by atoms with Crippen LogP contribution in [0, 0.1) is 0 Å². The predicted molar refractivity (Wildman–Crippen MR) is 119 cm³/mol. The Balaban J connectivity index is 1.72. The summed E-state index contributed by atoms with van der Waals surface area (Å²) < 4.78 is 11.2. The van der Waals surface area contributed by atoms with Gasteiger partial charge < -0.3 is 24.6 Å². The second-order valence-electron chi connectivity index (χ2n) is 7.24. The largest absolute Gasteiger partial charge is 0.497 e. The van der Waals surface area contributed by atoms with Crippen molar-refractivity contribution in [3.63, 3.8) is 0 Å². The van der Waals surface area contributed by atoms with Crippen LogP contribution in [0.2, 0.25) is 0 Å². The van der Waals surface area contributed by atoms with E-state index in [4.69, 9.17) is 21.7 Å². The Hall–Kier alpha value is -2.31. The molecule has 150 valence electrons. The van der Waals surface area contributed by atoms with Gasteiger partial charge in [-0.25, -0.2) is 0 Å². The van der Waals surface area contributed by atoms with Gasteiger partial charge in [0.2, 0.25) is 0 Å². The summed E-state index contributed by atoms with van der Waals surface area (Å²) in [7, 11) is 5.76. The number of nitrogens with one attached hydrogen (secondary N) is 1. The van der Waals surface area contributed by atoms with Gasteiger partial charge in [-0.1, -0.05) is 18.2 Å². The van der Waals surface area contributed by atoms with Crippen molar-refractivity contribution in [2.75, 3.05) is 44.6 Å². The van der Waals surface area contributed by atoms with E-state index in [1.807, 2.05) is 38.4 Å². The third-order valence-electron chi connectivity index (χ3n) is 4.88. The molecule has 1 saturated heterocycles. The molecule has 0 aliphatic carbocycles.